The SMILES string of the molecule is CCc1cccc2c(C(=O)CN3C(=O)NC(C)(c4ccc5c(c4)OCCO5)C3=O)c[nH]c12. The van der Waals surface area contributed by atoms with Gasteiger partial charge in [0.15, 0.2) is 17.3 Å². The van der Waals surface area contributed by atoms with Crippen molar-refractivity contribution in [1.82, 2.24) is 15.2 Å². The number of hydrogen-bond donors (Lipinski definition) is 2. The number of ether oxygens (including phenoxy) is 2. The van der Waals surface area contributed by atoms with Crippen LogP contribution in [0.5, 0.6) is 11.5 Å². The molecule has 3 amide bonds. The van der Waals surface area contributed by atoms with Gasteiger partial charge in [-0.25, -0.2) is 4.79 Å². The Morgan fingerprint density at radius 3 is 2.69 bits per heavy atom. The van der Waals surface area contributed by atoms with Crippen LogP contribution in [0.1, 0.15) is 35.3 Å². The van der Waals surface area contributed by atoms with E-state index in [2.05, 4.69) is 10.3 Å². The van der Waals surface area contributed by atoms with Gasteiger partial charge in [-0.2, -0.15) is 0 Å². The van der Waals surface area contributed by atoms with Gasteiger partial charge in [0, 0.05) is 22.7 Å². The number of aromatic nitrogens is 1. The molecule has 1 unspecified atom stereocenters. The van der Waals surface area contributed by atoms with Crippen LogP contribution in [0.3, 0.4) is 0 Å². The van der Waals surface area contributed by atoms with Crippen LogP contribution in [0, 0.1) is 0 Å². The maximum absolute atomic E-state index is 13.3. The molecular weight excluding hydrogens is 410 g/mol. The highest BCUT2D eigenvalue weighted by molar-refractivity contribution is 6.14. The predicted molar refractivity (Wildman–Crippen MR) is 117 cm³/mol. The first kappa shape index (κ1) is 20.1. The minimum atomic E-state index is -1.30. The molecule has 164 valence electrons. The minimum Gasteiger partial charge on any atom is -0.486 e. The van der Waals surface area contributed by atoms with Gasteiger partial charge < -0.3 is 19.8 Å². The topological polar surface area (TPSA) is 101 Å². The van der Waals surface area contributed by atoms with E-state index in [4.69, 9.17) is 9.47 Å². The molecule has 32 heavy (non-hydrogen) atoms. The molecular formula is C24H23N3O5. The molecule has 1 aromatic heterocycles. The molecule has 2 aromatic carbocycles. The molecule has 2 aliphatic rings. The van der Waals surface area contributed by atoms with Crippen molar-refractivity contribution < 1.29 is 23.9 Å². The quantitative estimate of drug-likeness (QED) is 0.476. The Balaban J connectivity index is 1.42. The highest BCUT2D eigenvalue weighted by atomic mass is 16.6. The third-order valence-corrected chi connectivity index (χ3v) is 6.18. The molecule has 2 aliphatic heterocycles. The smallest absolute Gasteiger partial charge is 0.325 e. The molecule has 2 N–H and O–H groups in total. The number of benzene rings is 2. The van der Waals surface area contributed by atoms with Crippen LogP contribution >= 0.6 is 0 Å². The predicted octanol–water partition coefficient (Wildman–Crippen LogP) is 3.15. The highest BCUT2D eigenvalue weighted by Gasteiger charge is 2.50. The van der Waals surface area contributed by atoms with Crippen LogP contribution in [0.2, 0.25) is 0 Å². The molecule has 1 fully saturated rings. The number of urea groups is 1. The van der Waals surface area contributed by atoms with Gasteiger partial charge in [-0.15, -0.1) is 0 Å². The Bertz CT molecular complexity index is 1260. The summed E-state index contributed by atoms with van der Waals surface area (Å²) < 4.78 is 11.1. The highest BCUT2D eigenvalue weighted by Crippen LogP contribution is 2.37. The van der Waals surface area contributed by atoms with Crippen LogP contribution in [0.25, 0.3) is 10.9 Å². The fourth-order valence-corrected chi connectivity index (χ4v) is 4.36. The fraction of sp³-hybridized carbons (Fsp3) is 0.292. The third kappa shape index (κ3) is 3.02. The number of ketones is 1. The Labute approximate surface area is 184 Å². The van der Waals surface area contributed by atoms with E-state index in [1.54, 1.807) is 31.3 Å². The van der Waals surface area contributed by atoms with Crippen LogP contribution < -0.4 is 14.8 Å². The standard InChI is InChI=1S/C24H23N3O5/c1-3-14-5-4-6-16-17(12-25-21(14)16)18(28)13-27-22(29)24(2,26-23(27)30)15-7-8-19-20(11-15)32-10-9-31-19/h4-8,11-12,25H,3,9-10,13H2,1-2H3,(H,26,30). The summed E-state index contributed by atoms with van der Waals surface area (Å²) in [6, 6.07) is 10.3. The van der Waals surface area contributed by atoms with Crippen molar-refractivity contribution in [3.05, 3.63) is 59.3 Å². The van der Waals surface area contributed by atoms with E-state index >= 15 is 0 Å². The van der Waals surface area contributed by atoms with Crippen LogP contribution in [0.15, 0.2) is 42.6 Å². The van der Waals surface area contributed by atoms with Crippen molar-refractivity contribution in [1.29, 1.82) is 0 Å². The number of H-pyrrole nitrogens is 1. The second-order valence-electron chi connectivity index (χ2n) is 8.12. The van der Waals surface area contributed by atoms with E-state index in [0.717, 1.165) is 27.8 Å². The monoisotopic (exact) mass is 433 g/mol. The lowest BCUT2D eigenvalue weighted by atomic mass is 9.91. The van der Waals surface area contributed by atoms with Crippen molar-refractivity contribution in [2.24, 2.45) is 0 Å². The Hall–Kier alpha value is -3.81. The lowest BCUT2D eigenvalue weighted by Gasteiger charge is -2.25. The molecule has 1 saturated heterocycles. The van der Waals surface area contributed by atoms with Crippen LogP contribution in [0.4, 0.5) is 4.79 Å². The molecule has 0 aliphatic carbocycles. The number of amides is 3. The first-order valence-electron chi connectivity index (χ1n) is 10.6. The number of nitrogens with one attached hydrogen (secondary N) is 2. The number of rotatable bonds is 5. The summed E-state index contributed by atoms with van der Waals surface area (Å²) in [5.74, 6) is 0.330. The summed E-state index contributed by atoms with van der Waals surface area (Å²) in [6.45, 7) is 4.21. The van der Waals surface area contributed by atoms with Gasteiger partial charge in [0.05, 0.1) is 6.54 Å². The summed E-state index contributed by atoms with van der Waals surface area (Å²) in [5.41, 5.74) is 1.72. The Kier molecular flexibility index (Phi) is 4.65. The molecule has 3 aromatic rings. The lowest BCUT2D eigenvalue weighted by Crippen LogP contribution is -2.41. The Morgan fingerprint density at radius 1 is 1.12 bits per heavy atom. The van der Waals surface area contributed by atoms with Gasteiger partial charge in [0.25, 0.3) is 5.91 Å². The van der Waals surface area contributed by atoms with Gasteiger partial charge >= 0.3 is 6.03 Å². The third-order valence-electron chi connectivity index (χ3n) is 6.18. The average molecular weight is 433 g/mol. The normalized spacial score (nSPS) is 20.0. The van der Waals surface area contributed by atoms with Crippen molar-refractivity contribution in [3.8, 4) is 11.5 Å². The van der Waals surface area contributed by atoms with Crippen molar-refractivity contribution in [2.45, 2.75) is 25.8 Å². The maximum Gasteiger partial charge on any atom is 0.325 e. The van der Waals surface area contributed by atoms with E-state index in [0.29, 0.717) is 35.8 Å². The first-order chi connectivity index (χ1) is 15.4. The molecule has 3 heterocycles. The Morgan fingerprint density at radius 2 is 1.91 bits per heavy atom. The van der Waals surface area contributed by atoms with Gasteiger partial charge in [-0.3, -0.25) is 14.5 Å². The van der Waals surface area contributed by atoms with Crippen molar-refractivity contribution in [3.63, 3.8) is 0 Å². The molecule has 1 atom stereocenters. The molecule has 0 bridgehead atoms. The molecule has 0 radical (unpaired) electrons. The summed E-state index contributed by atoms with van der Waals surface area (Å²) in [4.78, 5) is 43.2. The summed E-state index contributed by atoms with van der Waals surface area (Å²) >= 11 is 0. The van der Waals surface area contributed by atoms with E-state index in [9.17, 15) is 14.4 Å². The lowest BCUT2D eigenvalue weighted by molar-refractivity contribution is -0.130. The first-order valence-corrected chi connectivity index (χ1v) is 10.6. The van der Waals surface area contributed by atoms with E-state index < -0.39 is 17.5 Å². The second-order valence-corrected chi connectivity index (χ2v) is 8.12. The number of aromatic amines is 1. The molecule has 0 saturated carbocycles. The minimum absolute atomic E-state index is 0.306. The number of carbonyl (C=O) groups is 3. The largest absolute Gasteiger partial charge is 0.486 e. The van der Waals surface area contributed by atoms with Gasteiger partial charge in [-0.1, -0.05) is 31.2 Å². The van der Waals surface area contributed by atoms with Crippen LogP contribution in [-0.4, -0.2) is 47.4 Å². The summed E-state index contributed by atoms with van der Waals surface area (Å²) in [5, 5.41) is 3.53. The van der Waals surface area contributed by atoms with Gasteiger partial charge in [0.1, 0.15) is 18.8 Å². The number of hydrogen-bond acceptors (Lipinski definition) is 5. The average Bonchev–Trinajstić information content (AvgIpc) is 3.34. The van der Waals surface area contributed by atoms with Crippen molar-refractivity contribution in [2.75, 3.05) is 19.8 Å². The van der Waals surface area contributed by atoms with E-state index in [1.807, 2.05) is 25.1 Å². The number of carbonyl (C=O) groups excluding carboxylic acids is 3. The van der Waals surface area contributed by atoms with Crippen molar-refractivity contribution >= 4 is 28.6 Å². The number of fused-ring (bicyclic) bond motifs is 2. The number of imide groups is 1. The zero-order valence-electron chi connectivity index (χ0n) is 17.9. The number of Topliss-reactive ketones (excluding diaryl/α,β-unsaturated/α-hetero) is 1. The molecule has 8 heteroatoms. The molecule has 5 rings (SSSR count). The molecule has 8 nitrogen and oxygen atoms in total. The van der Waals surface area contributed by atoms with E-state index in [-0.39, 0.29) is 12.3 Å². The number of aryl methyl sites for hydroxylation is 1. The summed E-state index contributed by atoms with van der Waals surface area (Å²) in [6.07, 6.45) is 2.47. The van der Waals surface area contributed by atoms with E-state index in [1.165, 1.54) is 0 Å². The zero-order valence-corrected chi connectivity index (χ0v) is 17.9. The maximum atomic E-state index is 13.3. The van der Waals surface area contributed by atoms with Gasteiger partial charge in [-0.05, 0) is 36.6 Å². The van der Waals surface area contributed by atoms with Crippen LogP contribution in [-0.2, 0) is 16.8 Å². The second kappa shape index (κ2) is 7.40. The zero-order chi connectivity index (χ0) is 22.5. The number of nitrogens with zero attached hydrogens (tertiary/aromatic N) is 1. The number of para-hydroxylation sites is 1. The summed E-state index contributed by atoms with van der Waals surface area (Å²) in [7, 11) is 0. The molecule has 0 spiro atoms. The van der Waals surface area contributed by atoms with Gasteiger partial charge in [0.2, 0.25) is 0 Å². The fourth-order valence-electron chi connectivity index (χ4n) is 4.36.